The molecule has 0 radical (unpaired) electrons. The number of benzene rings is 1. The van der Waals surface area contributed by atoms with Crippen molar-refractivity contribution in [3.05, 3.63) is 52.7 Å². The lowest BCUT2D eigenvalue weighted by molar-refractivity contribution is 0.233. The monoisotopic (exact) mass is 369 g/mol. The molecule has 2 aromatic rings. The number of amidine groups is 1. The number of pyridine rings is 1. The lowest BCUT2D eigenvalue weighted by atomic mass is 10.0. The van der Waals surface area contributed by atoms with Gasteiger partial charge in [-0.1, -0.05) is 33.8 Å². The number of aromatic nitrogens is 1. The Bertz CT molecular complexity index is 796. The van der Waals surface area contributed by atoms with Gasteiger partial charge in [-0.3, -0.25) is 15.7 Å². The van der Waals surface area contributed by atoms with Gasteiger partial charge in [0.05, 0.1) is 11.6 Å². The number of ether oxygens (including phenoxy) is 1. The summed E-state index contributed by atoms with van der Waals surface area (Å²) in [5.74, 6) is 1.95. The average Bonchev–Trinajstić information content (AvgIpc) is 2.63. The number of hydroxylamine groups is 1. The van der Waals surface area contributed by atoms with Crippen molar-refractivity contribution < 1.29 is 9.94 Å². The smallest absolute Gasteiger partial charge is 0.230 e. The largest absolute Gasteiger partial charge is 0.438 e. The third-order valence-electron chi connectivity index (χ3n) is 4.57. The second-order valence-electron chi connectivity index (χ2n) is 7.20. The first kappa shape index (κ1) is 20.9. The van der Waals surface area contributed by atoms with E-state index in [4.69, 9.17) is 4.74 Å². The van der Waals surface area contributed by atoms with Crippen molar-refractivity contribution in [3.63, 3.8) is 0 Å². The Kier molecular flexibility index (Phi) is 7.36. The molecule has 0 aliphatic carbocycles. The van der Waals surface area contributed by atoms with Gasteiger partial charge in [0.1, 0.15) is 5.75 Å². The molecule has 146 valence electrons. The number of nitrogens with one attached hydrogen (secondary N) is 1. The van der Waals surface area contributed by atoms with Crippen LogP contribution in [0, 0.1) is 13.8 Å². The summed E-state index contributed by atoms with van der Waals surface area (Å²) >= 11 is 0. The van der Waals surface area contributed by atoms with Crippen LogP contribution in [0.3, 0.4) is 0 Å². The van der Waals surface area contributed by atoms with E-state index in [1.54, 1.807) is 0 Å². The van der Waals surface area contributed by atoms with Gasteiger partial charge in [-0.25, -0.2) is 4.98 Å². The Hall–Kier alpha value is -2.40. The molecular weight excluding hydrogens is 338 g/mol. The summed E-state index contributed by atoms with van der Waals surface area (Å²) < 4.78 is 6.15. The molecule has 0 aliphatic heterocycles. The molecule has 0 saturated heterocycles. The topological polar surface area (TPSA) is 66.7 Å². The van der Waals surface area contributed by atoms with Crippen molar-refractivity contribution in [1.29, 1.82) is 0 Å². The van der Waals surface area contributed by atoms with Crippen LogP contribution in [-0.2, 0) is 0 Å². The number of aliphatic imine (C=N–C) groups is 1. The molecule has 1 aromatic heterocycles. The molecule has 5 nitrogen and oxygen atoms in total. The molecule has 1 heterocycles. The summed E-state index contributed by atoms with van der Waals surface area (Å²) in [6.45, 7) is 12.4. The standard InChI is InChI=1S/C22H31N3O2/c1-7-18(8-2)24-21(25-26)20-10-9-16(6)23-22(20)27-19-12-15(5)11-17(13-19)14(3)4/h9-14,18,26H,7-8H2,1-6H3,(H,24,25). The van der Waals surface area contributed by atoms with Crippen LogP contribution in [0.25, 0.3) is 0 Å². The summed E-state index contributed by atoms with van der Waals surface area (Å²) in [7, 11) is 0. The predicted octanol–water partition coefficient (Wildman–Crippen LogP) is 5.53. The number of hydrogen-bond donors (Lipinski definition) is 2. The van der Waals surface area contributed by atoms with Crippen LogP contribution < -0.4 is 10.2 Å². The maximum atomic E-state index is 9.68. The highest BCUT2D eigenvalue weighted by Gasteiger charge is 2.16. The molecule has 27 heavy (non-hydrogen) atoms. The van der Waals surface area contributed by atoms with Gasteiger partial charge in [-0.2, -0.15) is 0 Å². The molecule has 0 spiro atoms. The van der Waals surface area contributed by atoms with Gasteiger partial charge in [0.25, 0.3) is 0 Å². The van der Waals surface area contributed by atoms with E-state index in [0.29, 0.717) is 23.2 Å². The lowest BCUT2D eigenvalue weighted by Gasteiger charge is -2.16. The van der Waals surface area contributed by atoms with Gasteiger partial charge < -0.3 is 4.74 Å². The molecule has 0 aliphatic rings. The van der Waals surface area contributed by atoms with Crippen molar-refractivity contribution in [2.75, 3.05) is 0 Å². The van der Waals surface area contributed by atoms with E-state index in [1.807, 2.05) is 31.2 Å². The van der Waals surface area contributed by atoms with Crippen LogP contribution in [0.5, 0.6) is 11.6 Å². The van der Waals surface area contributed by atoms with Crippen molar-refractivity contribution >= 4 is 5.84 Å². The van der Waals surface area contributed by atoms with Crippen LogP contribution in [0.15, 0.2) is 35.3 Å². The normalized spacial score (nSPS) is 12.0. The number of nitrogens with zero attached hydrogens (tertiary/aromatic N) is 2. The number of aryl methyl sites for hydroxylation is 2. The van der Waals surface area contributed by atoms with Crippen molar-refractivity contribution in [2.24, 2.45) is 4.99 Å². The van der Waals surface area contributed by atoms with E-state index in [1.165, 1.54) is 5.56 Å². The lowest BCUT2D eigenvalue weighted by Crippen LogP contribution is -2.24. The summed E-state index contributed by atoms with van der Waals surface area (Å²) in [6.07, 6.45) is 1.79. The molecule has 5 heteroatoms. The first-order valence-electron chi connectivity index (χ1n) is 9.63. The van der Waals surface area contributed by atoms with Gasteiger partial charge >= 0.3 is 0 Å². The minimum absolute atomic E-state index is 0.125. The molecule has 0 amide bonds. The van der Waals surface area contributed by atoms with E-state index >= 15 is 0 Å². The zero-order chi connectivity index (χ0) is 20.0. The predicted molar refractivity (Wildman–Crippen MR) is 110 cm³/mol. The maximum absolute atomic E-state index is 9.68. The van der Waals surface area contributed by atoms with Gasteiger partial charge in [-0.05, 0) is 68.0 Å². The van der Waals surface area contributed by atoms with Crippen LogP contribution in [0.4, 0.5) is 0 Å². The Labute approximate surface area is 162 Å². The van der Waals surface area contributed by atoms with Crippen LogP contribution >= 0.6 is 0 Å². The van der Waals surface area contributed by atoms with Gasteiger partial charge in [-0.15, -0.1) is 0 Å². The molecule has 0 atom stereocenters. The molecule has 2 N–H and O–H groups in total. The summed E-state index contributed by atoms with van der Waals surface area (Å²) in [5.41, 5.74) is 6.06. The zero-order valence-corrected chi connectivity index (χ0v) is 17.2. The summed E-state index contributed by atoms with van der Waals surface area (Å²) in [4.78, 5) is 9.18. The van der Waals surface area contributed by atoms with Crippen molar-refractivity contribution in [2.45, 2.75) is 66.3 Å². The molecule has 2 rings (SSSR count). The van der Waals surface area contributed by atoms with Gasteiger partial charge in [0.2, 0.25) is 5.88 Å². The third kappa shape index (κ3) is 5.54. The fourth-order valence-electron chi connectivity index (χ4n) is 2.88. The summed E-state index contributed by atoms with van der Waals surface area (Å²) in [5, 5.41) is 9.68. The fourth-order valence-corrected chi connectivity index (χ4v) is 2.88. The fraction of sp³-hybridized carbons (Fsp3) is 0.455. The Morgan fingerprint density at radius 3 is 2.44 bits per heavy atom. The molecule has 1 aromatic carbocycles. The van der Waals surface area contributed by atoms with E-state index in [-0.39, 0.29) is 6.04 Å². The van der Waals surface area contributed by atoms with E-state index in [9.17, 15) is 5.21 Å². The maximum Gasteiger partial charge on any atom is 0.230 e. The highest BCUT2D eigenvalue weighted by atomic mass is 16.5. The minimum atomic E-state index is 0.125. The first-order chi connectivity index (χ1) is 12.9. The van der Waals surface area contributed by atoms with E-state index in [2.05, 4.69) is 56.1 Å². The number of rotatable bonds is 7. The van der Waals surface area contributed by atoms with Gasteiger partial charge in [0.15, 0.2) is 5.84 Å². The van der Waals surface area contributed by atoms with Crippen LogP contribution in [-0.4, -0.2) is 22.1 Å². The average molecular weight is 370 g/mol. The SMILES string of the molecule is CCC(CC)N=C(NO)c1ccc(C)nc1Oc1cc(C)cc(C(C)C)c1. The third-order valence-corrected chi connectivity index (χ3v) is 4.57. The Morgan fingerprint density at radius 1 is 1.15 bits per heavy atom. The quantitative estimate of drug-likeness (QED) is 0.383. The Morgan fingerprint density at radius 2 is 1.85 bits per heavy atom. The second kappa shape index (κ2) is 9.51. The molecule has 0 unspecified atom stereocenters. The highest BCUT2D eigenvalue weighted by Crippen LogP contribution is 2.28. The molecule has 0 fully saturated rings. The Balaban J connectivity index is 2.47. The summed E-state index contributed by atoms with van der Waals surface area (Å²) in [6, 6.07) is 10.1. The molecular formula is C22H31N3O2. The van der Waals surface area contributed by atoms with Gasteiger partial charge in [0, 0.05) is 5.69 Å². The first-order valence-corrected chi connectivity index (χ1v) is 9.63. The van der Waals surface area contributed by atoms with E-state index in [0.717, 1.165) is 29.8 Å². The van der Waals surface area contributed by atoms with E-state index < -0.39 is 0 Å². The number of hydrogen-bond acceptors (Lipinski definition) is 4. The van der Waals surface area contributed by atoms with Crippen molar-refractivity contribution in [3.8, 4) is 11.6 Å². The zero-order valence-electron chi connectivity index (χ0n) is 17.2. The minimum Gasteiger partial charge on any atom is -0.438 e. The van der Waals surface area contributed by atoms with Crippen molar-refractivity contribution in [1.82, 2.24) is 10.5 Å². The van der Waals surface area contributed by atoms with Crippen LogP contribution in [0.2, 0.25) is 0 Å². The molecule has 0 bridgehead atoms. The van der Waals surface area contributed by atoms with Crippen LogP contribution in [0.1, 0.15) is 68.8 Å². The second-order valence-corrected chi connectivity index (χ2v) is 7.20. The molecule has 0 saturated carbocycles. The highest BCUT2D eigenvalue weighted by molar-refractivity contribution is 6.00.